The van der Waals surface area contributed by atoms with E-state index in [9.17, 15) is 4.79 Å². The highest BCUT2D eigenvalue weighted by Gasteiger charge is 2.26. The summed E-state index contributed by atoms with van der Waals surface area (Å²) in [5.41, 5.74) is 0. The van der Waals surface area contributed by atoms with E-state index >= 15 is 0 Å². The molecule has 0 spiro atoms. The SMILES string of the molecule is C[C@@H]1C(=O)CC[C@@H]1C. The van der Waals surface area contributed by atoms with E-state index in [0.717, 1.165) is 12.8 Å². The maximum absolute atomic E-state index is 10.8. The van der Waals surface area contributed by atoms with Gasteiger partial charge in [-0.15, -0.1) is 0 Å². The van der Waals surface area contributed by atoms with Crippen LogP contribution < -0.4 is 0 Å². The predicted molar refractivity (Wildman–Crippen MR) is 32.6 cm³/mol. The van der Waals surface area contributed by atoms with E-state index in [2.05, 4.69) is 6.92 Å². The van der Waals surface area contributed by atoms with Crippen LogP contribution in [0.3, 0.4) is 0 Å². The second-order valence-electron chi connectivity index (χ2n) is 2.77. The number of carbonyl (C=O) groups excluding carboxylic acids is 1. The maximum atomic E-state index is 10.8. The molecule has 46 valence electrons. The first-order valence-corrected chi connectivity index (χ1v) is 3.24. The minimum Gasteiger partial charge on any atom is -0.299 e. The van der Waals surface area contributed by atoms with E-state index in [4.69, 9.17) is 0 Å². The van der Waals surface area contributed by atoms with E-state index in [1.165, 1.54) is 0 Å². The van der Waals surface area contributed by atoms with Crippen molar-refractivity contribution in [3.8, 4) is 0 Å². The molecule has 1 fully saturated rings. The third-order valence-corrected chi connectivity index (χ3v) is 2.21. The van der Waals surface area contributed by atoms with Gasteiger partial charge in [0.05, 0.1) is 0 Å². The van der Waals surface area contributed by atoms with Crippen molar-refractivity contribution < 1.29 is 4.79 Å². The molecule has 0 bridgehead atoms. The summed E-state index contributed by atoms with van der Waals surface area (Å²) in [6, 6.07) is 0. The van der Waals surface area contributed by atoms with E-state index in [-0.39, 0.29) is 0 Å². The van der Waals surface area contributed by atoms with Gasteiger partial charge in [0.2, 0.25) is 0 Å². The molecule has 0 radical (unpaired) electrons. The lowest BCUT2D eigenvalue weighted by Gasteiger charge is -2.03. The quantitative estimate of drug-likeness (QED) is 0.465. The van der Waals surface area contributed by atoms with Crippen LogP contribution in [-0.2, 0) is 4.79 Å². The Morgan fingerprint density at radius 1 is 1.50 bits per heavy atom. The average Bonchev–Trinajstić information content (AvgIpc) is 1.98. The molecule has 8 heavy (non-hydrogen) atoms. The average molecular weight is 112 g/mol. The van der Waals surface area contributed by atoms with Crippen LogP contribution in [0.2, 0.25) is 0 Å². The number of Topliss-reactive ketones (excluding diaryl/α,β-unsaturated/α-hetero) is 1. The summed E-state index contributed by atoms with van der Waals surface area (Å²) in [6.45, 7) is 4.18. The number of hydrogen-bond acceptors (Lipinski definition) is 1. The molecule has 0 heterocycles. The maximum Gasteiger partial charge on any atom is 0.135 e. The second kappa shape index (κ2) is 1.88. The van der Waals surface area contributed by atoms with Gasteiger partial charge in [-0.2, -0.15) is 0 Å². The molecular weight excluding hydrogens is 100 g/mol. The molecule has 0 amide bonds. The molecule has 0 unspecified atom stereocenters. The molecule has 1 rings (SSSR count). The molecule has 0 N–H and O–H groups in total. The molecule has 1 heteroatoms. The summed E-state index contributed by atoms with van der Waals surface area (Å²) >= 11 is 0. The van der Waals surface area contributed by atoms with Crippen LogP contribution in [-0.4, -0.2) is 5.78 Å². The minimum absolute atomic E-state index is 0.343. The highest BCUT2D eigenvalue weighted by Crippen LogP contribution is 2.26. The Morgan fingerprint density at radius 3 is 2.25 bits per heavy atom. The van der Waals surface area contributed by atoms with E-state index in [0.29, 0.717) is 17.6 Å². The molecule has 2 atom stereocenters. The summed E-state index contributed by atoms with van der Waals surface area (Å²) in [5.74, 6) is 1.44. The molecule has 0 aromatic carbocycles. The lowest BCUT2D eigenvalue weighted by atomic mass is 10.0. The zero-order valence-electron chi connectivity index (χ0n) is 5.48. The Balaban J connectivity index is 2.56. The van der Waals surface area contributed by atoms with Gasteiger partial charge in [-0.3, -0.25) is 4.79 Å². The highest BCUT2D eigenvalue weighted by molar-refractivity contribution is 5.82. The van der Waals surface area contributed by atoms with Crippen molar-refractivity contribution in [3.63, 3.8) is 0 Å². The smallest absolute Gasteiger partial charge is 0.135 e. The fourth-order valence-electron chi connectivity index (χ4n) is 1.16. The van der Waals surface area contributed by atoms with Crippen LogP contribution in [0.4, 0.5) is 0 Å². The van der Waals surface area contributed by atoms with Gasteiger partial charge in [0.15, 0.2) is 0 Å². The van der Waals surface area contributed by atoms with Gasteiger partial charge in [-0.05, 0) is 12.3 Å². The van der Waals surface area contributed by atoms with Crippen molar-refractivity contribution in [2.45, 2.75) is 26.7 Å². The summed E-state index contributed by atoms with van der Waals surface area (Å²) < 4.78 is 0. The number of rotatable bonds is 0. The molecule has 0 saturated heterocycles. The van der Waals surface area contributed by atoms with Gasteiger partial charge in [0.1, 0.15) is 5.78 Å². The van der Waals surface area contributed by atoms with Crippen molar-refractivity contribution in [1.82, 2.24) is 0 Å². The van der Waals surface area contributed by atoms with Crippen molar-refractivity contribution >= 4 is 5.78 Å². The van der Waals surface area contributed by atoms with Crippen LogP contribution in [0.25, 0.3) is 0 Å². The van der Waals surface area contributed by atoms with Gasteiger partial charge < -0.3 is 0 Å². The van der Waals surface area contributed by atoms with Gasteiger partial charge in [0.25, 0.3) is 0 Å². The van der Waals surface area contributed by atoms with Crippen LogP contribution in [0.15, 0.2) is 0 Å². The van der Waals surface area contributed by atoms with Crippen LogP contribution in [0.1, 0.15) is 26.7 Å². The Bertz CT molecular complexity index is 107. The number of ketones is 1. The monoisotopic (exact) mass is 112 g/mol. The molecule has 1 saturated carbocycles. The molecule has 1 aliphatic carbocycles. The van der Waals surface area contributed by atoms with Gasteiger partial charge >= 0.3 is 0 Å². The first-order valence-electron chi connectivity index (χ1n) is 3.24. The van der Waals surface area contributed by atoms with Crippen LogP contribution in [0.5, 0.6) is 0 Å². The van der Waals surface area contributed by atoms with Gasteiger partial charge in [-0.1, -0.05) is 13.8 Å². The molecule has 1 nitrogen and oxygen atoms in total. The summed E-state index contributed by atoms with van der Waals surface area (Å²) in [4.78, 5) is 10.8. The van der Waals surface area contributed by atoms with Crippen molar-refractivity contribution in [2.24, 2.45) is 11.8 Å². The fraction of sp³-hybridized carbons (Fsp3) is 0.857. The topological polar surface area (TPSA) is 17.1 Å². The van der Waals surface area contributed by atoms with E-state index in [1.54, 1.807) is 0 Å². The Hall–Kier alpha value is -0.330. The molecule has 0 aromatic heterocycles. The number of carbonyl (C=O) groups is 1. The summed E-state index contributed by atoms with van der Waals surface area (Å²) in [7, 11) is 0. The summed E-state index contributed by atoms with van der Waals surface area (Å²) in [5, 5.41) is 0. The highest BCUT2D eigenvalue weighted by atomic mass is 16.1. The first kappa shape index (κ1) is 5.80. The normalized spacial score (nSPS) is 38.5. The Morgan fingerprint density at radius 2 is 2.12 bits per heavy atom. The predicted octanol–water partition coefficient (Wildman–Crippen LogP) is 1.62. The van der Waals surface area contributed by atoms with Crippen molar-refractivity contribution in [3.05, 3.63) is 0 Å². The molecule has 1 aliphatic rings. The van der Waals surface area contributed by atoms with Crippen molar-refractivity contribution in [1.29, 1.82) is 0 Å². The number of hydrogen-bond donors (Lipinski definition) is 0. The minimum atomic E-state index is 0.343. The van der Waals surface area contributed by atoms with Crippen molar-refractivity contribution in [2.75, 3.05) is 0 Å². The van der Waals surface area contributed by atoms with Gasteiger partial charge in [-0.25, -0.2) is 0 Å². The van der Waals surface area contributed by atoms with Crippen LogP contribution >= 0.6 is 0 Å². The van der Waals surface area contributed by atoms with E-state index < -0.39 is 0 Å². The third-order valence-electron chi connectivity index (χ3n) is 2.21. The molecule has 0 aromatic rings. The Kier molecular flexibility index (Phi) is 1.37. The summed E-state index contributed by atoms with van der Waals surface area (Å²) in [6.07, 6.45) is 1.93. The fourth-order valence-corrected chi connectivity index (χ4v) is 1.16. The zero-order chi connectivity index (χ0) is 6.15. The van der Waals surface area contributed by atoms with E-state index in [1.807, 2.05) is 6.92 Å². The first-order chi connectivity index (χ1) is 3.72. The second-order valence-corrected chi connectivity index (χ2v) is 2.77. The van der Waals surface area contributed by atoms with Gasteiger partial charge in [0, 0.05) is 12.3 Å². The Labute approximate surface area is 50.1 Å². The largest absolute Gasteiger partial charge is 0.299 e. The molecular formula is C7H12O. The third kappa shape index (κ3) is 0.770. The zero-order valence-corrected chi connectivity index (χ0v) is 5.48. The lowest BCUT2D eigenvalue weighted by molar-refractivity contribution is -0.120. The standard InChI is InChI=1S/C7H12O/c1-5-3-4-7(8)6(5)2/h5-6H,3-4H2,1-2H3/t5-,6-/m0/s1. The lowest BCUT2D eigenvalue weighted by Crippen LogP contribution is -2.06. The molecule has 0 aliphatic heterocycles. The van der Waals surface area contributed by atoms with Crippen LogP contribution in [0, 0.1) is 11.8 Å².